The molecule has 0 unspecified atom stereocenters. The fourth-order valence-electron chi connectivity index (χ4n) is 2.76. The lowest BCUT2D eigenvalue weighted by atomic mass is 10.2. The lowest BCUT2D eigenvalue weighted by Gasteiger charge is -2.09. The van der Waals surface area contributed by atoms with Gasteiger partial charge in [0.1, 0.15) is 5.76 Å². The number of pyridine rings is 1. The summed E-state index contributed by atoms with van der Waals surface area (Å²) in [6.07, 6.45) is 4.97. The van der Waals surface area contributed by atoms with Gasteiger partial charge in [0.25, 0.3) is 5.91 Å². The van der Waals surface area contributed by atoms with E-state index in [2.05, 4.69) is 20.5 Å². The average Bonchev–Trinajstić information content (AvgIpc) is 3.44. The van der Waals surface area contributed by atoms with Crippen molar-refractivity contribution in [1.29, 1.82) is 0 Å². The summed E-state index contributed by atoms with van der Waals surface area (Å²) in [5, 5.41) is 11.4. The van der Waals surface area contributed by atoms with Crippen LogP contribution < -0.4 is 5.32 Å². The molecule has 0 aliphatic carbocycles. The Morgan fingerprint density at radius 1 is 1.03 bits per heavy atom. The second kappa shape index (κ2) is 9.19. The van der Waals surface area contributed by atoms with E-state index in [-0.39, 0.29) is 5.75 Å². The van der Waals surface area contributed by atoms with Crippen LogP contribution in [0, 0.1) is 0 Å². The number of hydrogen-bond acceptors (Lipinski definition) is 7. The van der Waals surface area contributed by atoms with Gasteiger partial charge in [0.05, 0.1) is 18.6 Å². The SMILES string of the molecule is O=C(CSc1nnc(-c2cccnc2)n1Cc1ccco1)NC(=O)c1ccccc1. The summed E-state index contributed by atoms with van der Waals surface area (Å²) in [7, 11) is 0. The van der Waals surface area contributed by atoms with Crippen LogP contribution in [0.3, 0.4) is 0 Å². The molecule has 30 heavy (non-hydrogen) atoms. The van der Waals surface area contributed by atoms with Gasteiger partial charge >= 0.3 is 0 Å². The highest BCUT2D eigenvalue weighted by atomic mass is 32.2. The molecule has 0 aliphatic rings. The van der Waals surface area contributed by atoms with Crippen molar-refractivity contribution in [2.45, 2.75) is 11.7 Å². The lowest BCUT2D eigenvalue weighted by Crippen LogP contribution is -2.31. The van der Waals surface area contributed by atoms with Gasteiger partial charge in [-0.05, 0) is 36.4 Å². The standard InChI is InChI=1S/C21H17N5O3S/c27-18(23-20(28)15-6-2-1-3-7-15)14-30-21-25-24-19(16-8-4-10-22-12-16)26(21)13-17-9-5-11-29-17/h1-12H,13-14H2,(H,23,27,28). The summed E-state index contributed by atoms with van der Waals surface area (Å²) in [5.74, 6) is 0.508. The van der Waals surface area contributed by atoms with E-state index in [0.29, 0.717) is 23.1 Å². The van der Waals surface area contributed by atoms with Crippen molar-refractivity contribution in [2.24, 2.45) is 0 Å². The maximum absolute atomic E-state index is 12.3. The zero-order chi connectivity index (χ0) is 20.8. The van der Waals surface area contributed by atoms with Crippen LogP contribution in [-0.2, 0) is 11.3 Å². The van der Waals surface area contributed by atoms with Gasteiger partial charge in [-0.15, -0.1) is 10.2 Å². The molecule has 150 valence electrons. The molecule has 1 aromatic carbocycles. The average molecular weight is 419 g/mol. The Morgan fingerprint density at radius 3 is 2.63 bits per heavy atom. The van der Waals surface area contributed by atoms with Crippen LogP contribution in [0.4, 0.5) is 0 Å². The number of rotatable bonds is 7. The zero-order valence-corrected chi connectivity index (χ0v) is 16.6. The van der Waals surface area contributed by atoms with Crippen LogP contribution in [0.2, 0.25) is 0 Å². The minimum atomic E-state index is -0.436. The summed E-state index contributed by atoms with van der Waals surface area (Å²) >= 11 is 1.19. The van der Waals surface area contributed by atoms with Crippen molar-refractivity contribution in [3.63, 3.8) is 0 Å². The number of benzene rings is 1. The number of imide groups is 1. The fraction of sp³-hybridized carbons (Fsp3) is 0.0952. The van der Waals surface area contributed by atoms with E-state index >= 15 is 0 Å². The first-order chi connectivity index (χ1) is 14.7. The van der Waals surface area contributed by atoms with E-state index in [1.54, 1.807) is 55.1 Å². The summed E-state index contributed by atoms with van der Waals surface area (Å²) < 4.78 is 7.31. The Kier molecular flexibility index (Phi) is 6.00. The first-order valence-electron chi connectivity index (χ1n) is 9.09. The van der Waals surface area contributed by atoms with E-state index < -0.39 is 11.8 Å². The predicted molar refractivity (Wildman–Crippen MR) is 111 cm³/mol. The quantitative estimate of drug-likeness (QED) is 0.459. The molecule has 0 aliphatic heterocycles. The fourth-order valence-corrected chi connectivity index (χ4v) is 3.50. The van der Waals surface area contributed by atoms with Crippen LogP contribution in [0.25, 0.3) is 11.4 Å². The maximum Gasteiger partial charge on any atom is 0.257 e. The van der Waals surface area contributed by atoms with Crippen LogP contribution in [0.1, 0.15) is 16.1 Å². The molecule has 3 heterocycles. The third kappa shape index (κ3) is 4.64. The largest absolute Gasteiger partial charge is 0.467 e. The van der Waals surface area contributed by atoms with Crippen molar-refractivity contribution in [1.82, 2.24) is 25.1 Å². The number of hydrogen-bond donors (Lipinski definition) is 1. The van der Waals surface area contributed by atoms with E-state index in [4.69, 9.17) is 4.42 Å². The number of thioether (sulfide) groups is 1. The molecule has 0 radical (unpaired) electrons. The van der Waals surface area contributed by atoms with Gasteiger partial charge < -0.3 is 4.42 Å². The molecule has 4 rings (SSSR count). The molecular formula is C21H17N5O3S. The topological polar surface area (TPSA) is 103 Å². The van der Waals surface area contributed by atoms with E-state index in [1.165, 1.54) is 11.8 Å². The highest BCUT2D eigenvalue weighted by molar-refractivity contribution is 7.99. The monoisotopic (exact) mass is 419 g/mol. The highest BCUT2D eigenvalue weighted by Gasteiger charge is 2.18. The molecule has 0 bridgehead atoms. The molecule has 0 fully saturated rings. The Bertz CT molecular complexity index is 1130. The second-order valence-corrected chi connectivity index (χ2v) is 7.19. The van der Waals surface area contributed by atoms with Gasteiger partial charge in [-0.3, -0.25) is 24.5 Å². The number of nitrogens with zero attached hydrogens (tertiary/aromatic N) is 4. The van der Waals surface area contributed by atoms with Gasteiger partial charge in [-0.2, -0.15) is 0 Å². The minimum absolute atomic E-state index is 0.0158. The van der Waals surface area contributed by atoms with Gasteiger partial charge in [-0.25, -0.2) is 0 Å². The number of amides is 2. The number of nitrogens with one attached hydrogen (secondary N) is 1. The Hall–Kier alpha value is -3.72. The molecule has 2 amide bonds. The molecule has 8 nitrogen and oxygen atoms in total. The van der Waals surface area contributed by atoms with Gasteiger partial charge in [-0.1, -0.05) is 30.0 Å². The summed E-state index contributed by atoms with van der Waals surface area (Å²) in [5.41, 5.74) is 1.22. The minimum Gasteiger partial charge on any atom is -0.467 e. The third-order valence-corrected chi connectivity index (χ3v) is 5.12. The molecule has 0 atom stereocenters. The van der Waals surface area contributed by atoms with E-state index in [0.717, 1.165) is 11.3 Å². The van der Waals surface area contributed by atoms with E-state index in [1.807, 2.05) is 22.8 Å². The molecule has 9 heteroatoms. The second-order valence-electron chi connectivity index (χ2n) is 6.25. The molecule has 4 aromatic rings. The van der Waals surface area contributed by atoms with Crippen LogP contribution >= 0.6 is 11.8 Å². The van der Waals surface area contributed by atoms with Crippen LogP contribution in [0.5, 0.6) is 0 Å². The first kappa shape index (κ1) is 19.6. The summed E-state index contributed by atoms with van der Waals surface area (Å²) in [6, 6.07) is 15.9. The predicted octanol–water partition coefficient (Wildman–Crippen LogP) is 3.03. The lowest BCUT2D eigenvalue weighted by molar-refractivity contribution is -0.117. The normalized spacial score (nSPS) is 10.7. The van der Waals surface area contributed by atoms with Crippen molar-refractivity contribution >= 4 is 23.6 Å². The van der Waals surface area contributed by atoms with Gasteiger partial charge in [0, 0.05) is 23.5 Å². The third-order valence-electron chi connectivity index (χ3n) is 4.15. The van der Waals surface area contributed by atoms with Crippen molar-refractivity contribution in [3.05, 3.63) is 84.6 Å². The number of aromatic nitrogens is 4. The van der Waals surface area contributed by atoms with Crippen LogP contribution in [-0.4, -0.2) is 37.3 Å². The maximum atomic E-state index is 12.3. The summed E-state index contributed by atoms with van der Waals surface area (Å²) in [6.45, 7) is 0.400. The van der Waals surface area contributed by atoms with Crippen molar-refractivity contribution in [3.8, 4) is 11.4 Å². The zero-order valence-electron chi connectivity index (χ0n) is 15.8. The molecule has 1 N–H and O–H groups in total. The molecule has 0 saturated carbocycles. The number of furan rings is 1. The number of carbonyl (C=O) groups is 2. The summed E-state index contributed by atoms with van der Waals surface area (Å²) in [4.78, 5) is 28.5. The smallest absolute Gasteiger partial charge is 0.257 e. The molecule has 3 aromatic heterocycles. The molecule has 0 saturated heterocycles. The number of carbonyl (C=O) groups excluding carboxylic acids is 2. The Balaban J connectivity index is 1.49. The van der Waals surface area contributed by atoms with Crippen molar-refractivity contribution in [2.75, 3.05) is 5.75 Å². The van der Waals surface area contributed by atoms with E-state index in [9.17, 15) is 9.59 Å². The highest BCUT2D eigenvalue weighted by Crippen LogP contribution is 2.24. The molecular weight excluding hydrogens is 402 g/mol. The van der Waals surface area contributed by atoms with Crippen LogP contribution in [0.15, 0.2) is 82.8 Å². The van der Waals surface area contributed by atoms with Gasteiger partial charge in [0.15, 0.2) is 11.0 Å². The van der Waals surface area contributed by atoms with Gasteiger partial charge in [0.2, 0.25) is 5.91 Å². The first-order valence-corrected chi connectivity index (χ1v) is 10.1. The van der Waals surface area contributed by atoms with Crippen molar-refractivity contribution < 1.29 is 14.0 Å². The Morgan fingerprint density at radius 2 is 1.90 bits per heavy atom. The molecule has 0 spiro atoms. The Labute approximate surface area is 176 Å².